The molecule has 0 aliphatic heterocycles. The maximum atomic E-state index is 3.85. The summed E-state index contributed by atoms with van der Waals surface area (Å²) in [5, 5.41) is 2.99. The Hall–Kier alpha value is -1.83. The standard InChI is InChI=1S/C8H10.C6H8N2.2C2H6/c1-2-8-6-4-3-5-7-8;1-7-6-2-4-8-5-3-6;2*1-2/h3-7H,2H2,1H3;2-5H,1H3,(H,7,8);2*1-2H3. The summed E-state index contributed by atoms with van der Waals surface area (Å²) in [6.45, 7) is 10.2. The Labute approximate surface area is 125 Å². The van der Waals surface area contributed by atoms with Crippen LogP contribution < -0.4 is 5.32 Å². The predicted octanol–water partition coefficient (Wildman–Crippen LogP) is 5.42. The molecule has 1 N–H and O–H groups in total. The van der Waals surface area contributed by atoms with Crippen LogP contribution in [0.15, 0.2) is 54.9 Å². The van der Waals surface area contributed by atoms with Crippen LogP contribution in [0.5, 0.6) is 0 Å². The zero-order chi connectivity index (χ0) is 15.6. The van der Waals surface area contributed by atoms with Crippen LogP contribution in [0.4, 0.5) is 5.69 Å². The maximum Gasteiger partial charge on any atom is 0.0368 e. The van der Waals surface area contributed by atoms with Crippen molar-refractivity contribution in [2.45, 2.75) is 41.0 Å². The van der Waals surface area contributed by atoms with Crippen LogP contribution >= 0.6 is 0 Å². The Morgan fingerprint density at radius 1 is 0.850 bits per heavy atom. The highest BCUT2D eigenvalue weighted by Crippen LogP contribution is 1.99. The molecule has 2 rings (SSSR count). The number of nitrogens with one attached hydrogen (secondary N) is 1. The number of hydrogen-bond acceptors (Lipinski definition) is 2. The first-order chi connectivity index (χ1) is 9.86. The summed E-state index contributed by atoms with van der Waals surface area (Å²) in [6, 6.07) is 14.3. The van der Waals surface area contributed by atoms with Crippen molar-refractivity contribution in [1.82, 2.24) is 4.98 Å². The van der Waals surface area contributed by atoms with Crippen molar-refractivity contribution in [3.8, 4) is 0 Å². The molecule has 2 heteroatoms. The molecule has 0 saturated heterocycles. The molecule has 2 aromatic rings. The van der Waals surface area contributed by atoms with Crippen LogP contribution in [0.3, 0.4) is 0 Å². The van der Waals surface area contributed by atoms with Crippen molar-refractivity contribution in [3.05, 3.63) is 60.4 Å². The molecule has 0 radical (unpaired) electrons. The van der Waals surface area contributed by atoms with Gasteiger partial charge in [-0.05, 0) is 24.1 Å². The van der Waals surface area contributed by atoms with E-state index in [0.717, 1.165) is 12.1 Å². The smallest absolute Gasteiger partial charge is 0.0368 e. The molecule has 1 aromatic heterocycles. The van der Waals surface area contributed by atoms with E-state index >= 15 is 0 Å². The molecule has 20 heavy (non-hydrogen) atoms. The van der Waals surface area contributed by atoms with E-state index in [1.54, 1.807) is 12.4 Å². The van der Waals surface area contributed by atoms with Crippen LogP contribution in [-0.2, 0) is 6.42 Å². The Kier molecular flexibility index (Phi) is 17.6. The Morgan fingerprint density at radius 2 is 1.35 bits per heavy atom. The van der Waals surface area contributed by atoms with Gasteiger partial charge in [0.1, 0.15) is 0 Å². The van der Waals surface area contributed by atoms with Gasteiger partial charge in [-0.25, -0.2) is 0 Å². The third-order valence-electron chi connectivity index (χ3n) is 2.22. The number of hydrogen-bond donors (Lipinski definition) is 1. The van der Waals surface area contributed by atoms with E-state index in [2.05, 4.69) is 41.5 Å². The third kappa shape index (κ3) is 11.3. The third-order valence-corrected chi connectivity index (χ3v) is 2.22. The normalized spacial score (nSPS) is 7.70. The van der Waals surface area contributed by atoms with E-state index in [0.29, 0.717) is 0 Å². The molecule has 2 nitrogen and oxygen atoms in total. The fraction of sp³-hybridized carbons (Fsp3) is 0.389. The first-order valence-corrected chi connectivity index (χ1v) is 7.48. The fourth-order valence-corrected chi connectivity index (χ4v) is 1.23. The van der Waals surface area contributed by atoms with Gasteiger partial charge < -0.3 is 5.32 Å². The number of anilines is 1. The van der Waals surface area contributed by atoms with Crippen LogP contribution in [0.25, 0.3) is 0 Å². The molecule has 1 aromatic carbocycles. The van der Waals surface area contributed by atoms with E-state index in [1.165, 1.54) is 5.56 Å². The summed E-state index contributed by atoms with van der Waals surface area (Å²) in [5.74, 6) is 0. The lowest BCUT2D eigenvalue weighted by molar-refractivity contribution is 1.14. The molecular formula is C18H30N2. The zero-order valence-electron chi connectivity index (χ0n) is 13.9. The van der Waals surface area contributed by atoms with Gasteiger partial charge >= 0.3 is 0 Å². The molecule has 0 saturated carbocycles. The molecule has 112 valence electrons. The first kappa shape index (κ1) is 20.5. The zero-order valence-corrected chi connectivity index (χ0v) is 13.9. The minimum absolute atomic E-state index is 1.10. The lowest BCUT2D eigenvalue weighted by atomic mass is 10.2. The molecule has 0 atom stereocenters. The average Bonchev–Trinajstić information content (AvgIpc) is 2.60. The highest BCUT2D eigenvalue weighted by atomic mass is 14.8. The minimum atomic E-state index is 1.10. The first-order valence-electron chi connectivity index (χ1n) is 7.48. The van der Waals surface area contributed by atoms with E-state index in [1.807, 2.05) is 52.9 Å². The second kappa shape index (κ2) is 17.2. The van der Waals surface area contributed by atoms with Crippen molar-refractivity contribution < 1.29 is 0 Å². The van der Waals surface area contributed by atoms with Crippen LogP contribution in [0.1, 0.15) is 40.2 Å². The van der Waals surface area contributed by atoms with Crippen molar-refractivity contribution in [3.63, 3.8) is 0 Å². The van der Waals surface area contributed by atoms with Gasteiger partial charge in [0.15, 0.2) is 0 Å². The Balaban J connectivity index is 0. The summed E-state index contributed by atoms with van der Waals surface area (Å²) >= 11 is 0. The summed E-state index contributed by atoms with van der Waals surface area (Å²) in [7, 11) is 1.88. The van der Waals surface area contributed by atoms with E-state index < -0.39 is 0 Å². The van der Waals surface area contributed by atoms with Crippen LogP contribution in [-0.4, -0.2) is 12.0 Å². The predicted molar refractivity (Wildman–Crippen MR) is 92.3 cm³/mol. The molecule has 1 heterocycles. The minimum Gasteiger partial charge on any atom is -0.388 e. The molecule has 0 amide bonds. The largest absolute Gasteiger partial charge is 0.388 e. The van der Waals surface area contributed by atoms with Crippen molar-refractivity contribution >= 4 is 5.69 Å². The van der Waals surface area contributed by atoms with Crippen LogP contribution in [0.2, 0.25) is 0 Å². The van der Waals surface area contributed by atoms with Gasteiger partial charge in [0.25, 0.3) is 0 Å². The SMILES string of the molecule is CC.CC.CCc1ccccc1.CNc1ccncc1. The van der Waals surface area contributed by atoms with Gasteiger partial charge in [-0.3, -0.25) is 4.98 Å². The lowest BCUT2D eigenvalue weighted by Gasteiger charge is -1.93. The summed E-state index contributed by atoms with van der Waals surface area (Å²) in [4.78, 5) is 3.85. The quantitative estimate of drug-likeness (QED) is 0.790. The Morgan fingerprint density at radius 3 is 1.65 bits per heavy atom. The number of nitrogens with zero attached hydrogens (tertiary/aromatic N) is 1. The molecule has 0 spiro atoms. The number of rotatable bonds is 2. The van der Waals surface area contributed by atoms with Gasteiger partial charge in [0.05, 0.1) is 0 Å². The van der Waals surface area contributed by atoms with Gasteiger partial charge in [-0.1, -0.05) is 65.0 Å². The van der Waals surface area contributed by atoms with E-state index in [9.17, 15) is 0 Å². The second-order valence-corrected chi connectivity index (χ2v) is 3.33. The van der Waals surface area contributed by atoms with Gasteiger partial charge in [-0.15, -0.1) is 0 Å². The summed E-state index contributed by atoms with van der Waals surface area (Å²) in [6.07, 6.45) is 4.65. The fourth-order valence-electron chi connectivity index (χ4n) is 1.23. The lowest BCUT2D eigenvalue weighted by Crippen LogP contribution is -1.85. The van der Waals surface area contributed by atoms with Crippen molar-refractivity contribution in [2.75, 3.05) is 12.4 Å². The second-order valence-electron chi connectivity index (χ2n) is 3.33. The van der Waals surface area contributed by atoms with Crippen molar-refractivity contribution in [2.24, 2.45) is 0 Å². The van der Waals surface area contributed by atoms with E-state index in [-0.39, 0.29) is 0 Å². The monoisotopic (exact) mass is 274 g/mol. The van der Waals surface area contributed by atoms with Crippen LogP contribution in [0, 0.1) is 0 Å². The van der Waals surface area contributed by atoms with E-state index in [4.69, 9.17) is 0 Å². The number of pyridine rings is 1. The molecule has 0 aliphatic rings. The molecule has 0 unspecified atom stereocenters. The van der Waals surface area contributed by atoms with Gasteiger partial charge in [0, 0.05) is 25.1 Å². The number of aryl methyl sites for hydroxylation is 1. The highest BCUT2D eigenvalue weighted by Gasteiger charge is 1.80. The summed E-state index contributed by atoms with van der Waals surface area (Å²) in [5.41, 5.74) is 2.51. The topological polar surface area (TPSA) is 24.9 Å². The summed E-state index contributed by atoms with van der Waals surface area (Å²) < 4.78 is 0. The molecular weight excluding hydrogens is 244 g/mol. The average molecular weight is 274 g/mol. The van der Waals surface area contributed by atoms with Crippen molar-refractivity contribution in [1.29, 1.82) is 0 Å². The molecule has 0 aliphatic carbocycles. The maximum absolute atomic E-state index is 3.85. The Bertz CT molecular complexity index is 332. The van der Waals surface area contributed by atoms with Gasteiger partial charge in [-0.2, -0.15) is 0 Å². The molecule has 0 fully saturated rings. The highest BCUT2D eigenvalue weighted by molar-refractivity contribution is 5.39. The van der Waals surface area contributed by atoms with Gasteiger partial charge in [0.2, 0.25) is 0 Å². The molecule has 0 bridgehead atoms. The number of benzene rings is 1. The number of aromatic nitrogens is 1.